The number of rotatable bonds is 1. The summed E-state index contributed by atoms with van der Waals surface area (Å²) in [6.45, 7) is 8.89. The molecule has 0 amide bonds. The van der Waals surface area contributed by atoms with E-state index in [1.54, 1.807) is 0 Å². The van der Waals surface area contributed by atoms with E-state index in [1.807, 2.05) is 0 Å². The van der Waals surface area contributed by atoms with Gasteiger partial charge >= 0.3 is 0 Å². The molecule has 1 nitrogen and oxygen atoms in total. The first-order valence-corrected chi connectivity index (χ1v) is 12.1. The van der Waals surface area contributed by atoms with Gasteiger partial charge in [-0.3, -0.25) is 4.79 Å². The van der Waals surface area contributed by atoms with E-state index in [4.69, 9.17) is 0 Å². The monoisotopic (exact) mass is 398 g/mol. The number of allylic oxidation sites excluding steroid dienone is 2. The molecule has 4 rings (SSSR count). The largest absolute Gasteiger partial charge is 0.294 e. The van der Waals surface area contributed by atoms with Crippen molar-refractivity contribution in [2.24, 2.45) is 5.41 Å². The summed E-state index contributed by atoms with van der Waals surface area (Å²) in [5.74, 6) is 2.85. The molecule has 0 bridgehead atoms. The van der Waals surface area contributed by atoms with Gasteiger partial charge in [0.05, 0.1) is 9.49 Å². The van der Waals surface area contributed by atoms with E-state index in [1.165, 1.54) is 22.6 Å². The standard InChI is InChI=1S/C24H30OS2/c1-22(2,3)19-8-5-17(6-9-19)15-18-7-10-20-16-24(26-13-14-27-24)12-11-23(20,4)21(18)25/h5-6,8-9,15-16H,7,10-14H2,1-4H3/b18-15+. The van der Waals surface area contributed by atoms with Crippen LogP contribution in [0.1, 0.15) is 64.5 Å². The third-order valence-corrected chi connectivity index (χ3v) is 9.83. The fourth-order valence-corrected chi connectivity index (χ4v) is 7.68. The van der Waals surface area contributed by atoms with Crippen LogP contribution in [0.4, 0.5) is 0 Å². The molecule has 3 aliphatic rings. The minimum absolute atomic E-state index is 0.161. The van der Waals surface area contributed by atoms with Crippen LogP contribution in [0.2, 0.25) is 0 Å². The van der Waals surface area contributed by atoms with Crippen molar-refractivity contribution in [2.75, 3.05) is 11.5 Å². The van der Waals surface area contributed by atoms with Crippen LogP contribution < -0.4 is 0 Å². The van der Waals surface area contributed by atoms with Gasteiger partial charge in [-0.2, -0.15) is 0 Å². The lowest BCUT2D eigenvalue weighted by molar-refractivity contribution is -0.123. The van der Waals surface area contributed by atoms with Crippen molar-refractivity contribution in [1.29, 1.82) is 0 Å². The lowest BCUT2D eigenvalue weighted by Gasteiger charge is -2.44. The quantitative estimate of drug-likeness (QED) is 0.390. The number of carbonyl (C=O) groups is 1. The molecule has 1 saturated heterocycles. The molecule has 1 heterocycles. The van der Waals surface area contributed by atoms with Gasteiger partial charge in [0, 0.05) is 11.5 Å². The van der Waals surface area contributed by atoms with Gasteiger partial charge in [0.1, 0.15) is 0 Å². The fraction of sp³-hybridized carbons (Fsp3) is 0.542. The maximum atomic E-state index is 13.4. The van der Waals surface area contributed by atoms with Crippen molar-refractivity contribution in [3.05, 3.63) is 52.6 Å². The van der Waals surface area contributed by atoms with Crippen molar-refractivity contribution < 1.29 is 4.79 Å². The first kappa shape index (κ1) is 19.4. The zero-order valence-electron chi connectivity index (χ0n) is 16.9. The molecule has 0 radical (unpaired) electrons. The first-order chi connectivity index (χ1) is 12.7. The third kappa shape index (κ3) is 3.58. The molecule has 144 valence electrons. The number of benzene rings is 1. The molecule has 1 aliphatic heterocycles. The summed E-state index contributed by atoms with van der Waals surface area (Å²) in [6.07, 6.45) is 8.66. The predicted octanol–water partition coefficient (Wildman–Crippen LogP) is 6.63. The number of carbonyl (C=O) groups excluding carboxylic acids is 1. The van der Waals surface area contributed by atoms with Crippen molar-refractivity contribution in [3.63, 3.8) is 0 Å². The molecule has 2 aliphatic carbocycles. The van der Waals surface area contributed by atoms with Gasteiger partial charge in [0.2, 0.25) is 0 Å². The predicted molar refractivity (Wildman–Crippen MR) is 120 cm³/mol. The molecule has 1 spiro atoms. The second-order valence-corrected chi connectivity index (χ2v) is 12.5. The van der Waals surface area contributed by atoms with Gasteiger partial charge in [-0.15, -0.1) is 23.5 Å². The third-order valence-electron chi connectivity index (χ3n) is 6.43. The molecule has 1 unspecified atom stereocenters. The second kappa shape index (κ2) is 6.84. The van der Waals surface area contributed by atoms with Crippen molar-refractivity contribution in [1.82, 2.24) is 0 Å². The van der Waals surface area contributed by atoms with Crippen LogP contribution in [0.25, 0.3) is 6.08 Å². The molecule has 2 fully saturated rings. The molecule has 1 aromatic carbocycles. The van der Waals surface area contributed by atoms with Crippen LogP contribution in [0.15, 0.2) is 41.5 Å². The molecular formula is C24H30OS2. The maximum absolute atomic E-state index is 13.4. The van der Waals surface area contributed by atoms with E-state index in [2.05, 4.69) is 87.6 Å². The van der Waals surface area contributed by atoms with Crippen molar-refractivity contribution in [3.8, 4) is 0 Å². The van der Waals surface area contributed by atoms with E-state index in [0.29, 0.717) is 5.78 Å². The highest BCUT2D eigenvalue weighted by Crippen LogP contribution is 2.57. The number of hydrogen-bond acceptors (Lipinski definition) is 3. The lowest BCUT2D eigenvalue weighted by atomic mass is 9.63. The van der Waals surface area contributed by atoms with Crippen LogP contribution in [0.5, 0.6) is 0 Å². The van der Waals surface area contributed by atoms with Crippen LogP contribution in [0.3, 0.4) is 0 Å². The normalized spacial score (nSPS) is 29.1. The summed E-state index contributed by atoms with van der Waals surface area (Å²) >= 11 is 4.18. The van der Waals surface area contributed by atoms with Gasteiger partial charge in [0.25, 0.3) is 0 Å². The van der Waals surface area contributed by atoms with Crippen LogP contribution in [-0.2, 0) is 10.2 Å². The van der Waals surface area contributed by atoms with Crippen molar-refractivity contribution in [2.45, 2.75) is 62.9 Å². The summed E-state index contributed by atoms with van der Waals surface area (Å²) < 4.78 is 0.263. The Balaban J connectivity index is 1.59. The Hall–Kier alpha value is -0.930. The minimum atomic E-state index is -0.273. The van der Waals surface area contributed by atoms with E-state index >= 15 is 0 Å². The smallest absolute Gasteiger partial charge is 0.168 e. The fourth-order valence-electron chi connectivity index (χ4n) is 4.54. The van der Waals surface area contributed by atoms with Crippen molar-refractivity contribution >= 4 is 35.4 Å². The average molecular weight is 399 g/mol. The molecular weight excluding hydrogens is 368 g/mol. The first-order valence-electron chi connectivity index (χ1n) is 10.1. The minimum Gasteiger partial charge on any atom is -0.294 e. The van der Waals surface area contributed by atoms with Crippen LogP contribution in [0, 0.1) is 5.41 Å². The Morgan fingerprint density at radius 2 is 1.67 bits per heavy atom. The Kier molecular flexibility index (Phi) is 4.91. The maximum Gasteiger partial charge on any atom is 0.168 e. The van der Waals surface area contributed by atoms with Crippen LogP contribution in [-0.4, -0.2) is 21.4 Å². The number of fused-ring (bicyclic) bond motifs is 1. The van der Waals surface area contributed by atoms with Gasteiger partial charge in [0.15, 0.2) is 5.78 Å². The number of hydrogen-bond donors (Lipinski definition) is 0. The van der Waals surface area contributed by atoms with Gasteiger partial charge < -0.3 is 0 Å². The molecule has 1 atom stereocenters. The Morgan fingerprint density at radius 1 is 1.00 bits per heavy atom. The number of ketones is 1. The van der Waals surface area contributed by atoms with Gasteiger partial charge in [-0.25, -0.2) is 0 Å². The Morgan fingerprint density at radius 3 is 2.30 bits per heavy atom. The molecule has 0 N–H and O–H groups in total. The van der Waals surface area contributed by atoms with Gasteiger partial charge in [-0.1, -0.05) is 56.7 Å². The highest BCUT2D eigenvalue weighted by atomic mass is 32.2. The van der Waals surface area contributed by atoms with E-state index < -0.39 is 0 Å². The molecule has 27 heavy (non-hydrogen) atoms. The highest BCUT2D eigenvalue weighted by molar-refractivity contribution is 8.21. The summed E-state index contributed by atoms with van der Waals surface area (Å²) in [7, 11) is 0. The van der Waals surface area contributed by atoms with Gasteiger partial charge in [-0.05, 0) is 60.8 Å². The molecule has 3 heteroatoms. The average Bonchev–Trinajstić information content (AvgIpc) is 3.08. The number of thioether (sulfide) groups is 2. The zero-order chi connectivity index (χ0) is 19.3. The highest BCUT2D eigenvalue weighted by Gasteiger charge is 2.49. The summed E-state index contributed by atoms with van der Waals surface area (Å²) in [5, 5.41) is 0. The topological polar surface area (TPSA) is 17.1 Å². The number of Topliss-reactive ketones (excluding diaryl/α,β-unsaturated/α-hetero) is 1. The van der Waals surface area contributed by atoms with E-state index in [-0.39, 0.29) is 14.9 Å². The molecule has 1 aromatic rings. The molecule has 0 aromatic heterocycles. The summed E-state index contributed by atoms with van der Waals surface area (Å²) in [6, 6.07) is 8.73. The van der Waals surface area contributed by atoms with Crippen LogP contribution >= 0.6 is 23.5 Å². The summed E-state index contributed by atoms with van der Waals surface area (Å²) in [5.41, 5.74) is 4.79. The summed E-state index contributed by atoms with van der Waals surface area (Å²) in [4.78, 5) is 13.4. The zero-order valence-corrected chi connectivity index (χ0v) is 18.6. The Labute approximate surface area is 172 Å². The van der Waals surface area contributed by atoms with E-state index in [0.717, 1.165) is 36.8 Å². The Bertz CT molecular complexity index is 804. The second-order valence-electron chi connectivity index (χ2n) is 9.38. The lowest BCUT2D eigenvalue weighted by Crippen LogP contribution is -2.40. The molecule has 1 saturated carbocycles. The van der Waals surface area contributed by atoms with E-state index in [9.17, 15) is 4.79 Å². The SMILES string of the molecule is CC12CCC3(C=C1CC/C(=C\c1ccc(C(C)(C)C)cc1)C2=O)SCCS3.